The molecule has 0 saturated carbocycles. The molecular weight excluding hydrogens is 502 g/mol. The second kappa shape index (κ2) is 9.82. The molecule has 0 aliphatic heterocycles. The van der Waals surface area contributed by atoms with E-state index in [9.17, 15) is 4.57 Å². The van der Waals surface area contributed by atoms with E-state index in [0.29, 0.717) is 20.2 Å². The van der Waals surface area contributed by atoms with Crippen LogP contribution in [-0.4, -0.2) is 4.98 Å². The lowest BCUT2D eigenvalue weighted by Gasteiger charge is -2.13. The highest BCUT2D eigenvalue weighted by Crippen LogP contribution is 2.54. The first-order chi connectivity index (χ1) is 15.3. The van der Waals surface area contributed by atoms with Crippen LogP contribution in [0, 0.1) is 6.92 Å². The van der Waals surface area contributed by atoms with Crippen LogP contribution in [0.2, 0.25) is 5.02 Å². The monoisotopic (exact) mass is 518 g/mol. The molecule has 1 N–H and O–H groups in total. The maximum absolute atomic E-state index is 14.1. The normalized spacial score (nSPS) is 14.4. The zero-order valence-electron chi connectivity index (χ0n) is 16.9. The van der Waals surface area contributed by atoms with Crippen molar-refractivity contribution in [2.45, 2.75) is 6.92 Å². The Balaban J connectivity index is 1.77. The molecule has 0 aliphatic carbocycles. The van der Waals surface area contributed by atoms with Crippen LogP contribution in [0.15, 0.2) is 84.4 Å². The Morgan fingerprint density at radius 2 is 1.47 bits per heavy atom. The highest BCUT2D eigenvalue weighted by Gasteiger charge is 2.21. The minimum Gasteiger partial charge on any atom is -0.306 e. The summed E-state index contributed by atoms with van der Waals surface area (Å²) >= 11 is 20.7. The van der Waals surface area contributed by atoms with Crippen molar-refractivity contribution in [1.29, 1.82) is 0 Å². The van der Waals surface area contributed by atoms with Crippen LogP contribution in [-0.2, 0) is 4.57 Å². The summed E-state index contributed by atoms with van der Waals surface area (Å²) in [5.41, 5.74) is 3.20. The summed E-state index contributed by atoms with van der Waals surface area (Å²) in [6.45, 7) is 1.93. The van der Waals surface area contributed by atoms with Crippen molar-refractivity contribution in [1.82, 2.24) is 4.98 Å². The molecule has 32 heavy (non-hydrogen) atoms. The molecule has 1 unspecified atom stereocenters. The van der Waals surface area contributed by atoms with Gasteiger partial charge < -0.3 is 5.09 Å². The number of aromatic nitrogens is 1. The summed E-state index contributed by atoms with van der Waals surface area (Å²) in [5.74, 6) is 3.03. The highest BCUT2D eigenvalue weighted by molar-refractivity contribution is 7.72. The largest absolute Gasteiger partial charge is 0.306 e. The van der Waals surface area contributed by atoms with E-state index in [1.54, 1.807) is 6.07 Å². The van der Waals surface area contributed by atoms with Crippen LogP contribution < -0.4 is 5.09 Å². The second-order valence-electron chi connectivity index (χ2n) is 7.10. The Labute approximate surface area is 205 Å². The molecule has 3 nitrogen and oxygen atoms in total. The number of anilines is 1. The lowest BCUT2D eigenvalue weighted by Crippen LogP contribution is -1.93. The smallest absolute Gasteiger partial charge is 0.217 e. The van der Waals surface area contributed by atoms with Crippen LogP contribution in [0.25, 0.3) is 20.3 Å². The van der Waals surface area contributed by atoms with Crippen LogP contribution >= 0.6 is 53.4 Å². The van der Waals surface area contributed by atoms with Gasteiger partial charge in [-0.2, -0.15) is 0 Å². The molecule has 3 aromatic carbocycles. The topological polar surface area (TPSA) is 42.0 Å². The van der Waals surface area contributed by atoms with E-state index in [4.69, 9.17) is 34.8 Å². The van der Waals surface area contributed by atoms with Gasteiger partial charge in [-0.25, -0.2) is 4.98 Å². The van der Waals surface area contributed by atoms with Crippen molar-refractivity contribution in [3.63, 3.8) is 0 Å². The summed E-state index contributed by atoms with van der Waals surface area (Å²) in [6.07, 6.45) is 0. The van der Waals surface area contributed by atoms with Gasteiger partial charge in [0.25, 0.3) is 0 Å². The number of thiazole rings is 1. The molecule has 162 valence electrons. The number of nitrogens with zero attached hydrogens (tertiary/aromatic N) is 1. The van der Waals surface area contributed by atoms with Crippen LogP contribution in [0.1, 0.15) is 16.7 Å². The molecule has 4 aromatic rings. The number of aryl methyl sites for hydroxylation is 1. The van der Waals surface area contributed by atoms with Crippen molar-refractivity contribution in [2.75, 3.05) is 5.09 Å². The molecule has 0 spiro atoms. The summed E-state index contributed by atoms with van der Waals surface area (Å²) in [6, 6.07) is 22.5. The number of hydrogen-bond acceptors (Lipinski definition) is 3. The van der Waals surface area contributed by atoms with Gasteiger partial charge in [-0.3, -0.25) is 4.57 Å². The molecule has 0 aliphatic rings. The number of nitrogens with one attached hydrogen (secondary N) is 1. The third-order valence-corrected chi connectivity index (χ3v) is 8.94. The van der Waals surface area contributed by atoms with Crippen LogP contribution in [0.5, 0.6) is 0 Å². The molecule has 1 heterocycles. The number of hydrogen-bond donors (Lipinski definition) is 1. The first kappa shape index (κ1) is 23.1. The van der Waals surface area contributed by atoms with Gasteiger partial charge in [-0.05, 0) is 35.7 Å². The van der Waals surface area contributed by atoms with Crippen molar-refractivity contribution >= 4 is 78.8 Å². The minimum atomic E-state index is -3.39. The maximum atomic E-state index is 14.1. The maximum Gasteiger partial charge on any atom is 0.217 e. The number of rotatable bonds is 6. The lowest BCUT2D eigenvalue weighted by molar-refractivity contribution is 0.589. The molecular formula is C24H18Cl3N2OPS. The zero-order chi connectivity index (χ0) is 22.7. The molecule has 0 bridgehead atoms. The molecule has 8 heteroatoms. The van der Waals surface area contributed by atoms with Crippen molar-refractivity contribution in [3.8, 4) is 0 Å². The second-order valence-corrected chi connectivity index (χ2v) is 11.5. The van der Waals surface area contributed by atoms with E-state index in [1.165, 1.54) is 23.0 Å². The first-order valence-electron chi connectivity index (χ1n) is 9.65. The van der Waals surface area contributed by atoms with E-state index in [1.807, 2.05) is 73.7 Å². The van der Waals surface area contributed by atoms with Gasteiger partial charge >= 0.3 is 0 Å². The lowest BCUT2D eigenvalue weighted by atomic mass is 10.2. The Bertz CT molecular complexity index is 1270. The predicted octanol–water partition coefficient (Wildman–Crippen LogP) is 9.42. The molecule has 0 saturated heterocycles. The zero-order valence-corrected chi connectivity index (χ0v) is 20.9. The van der Waals surface area contributed by atoms with Gasteiger partial charge in [0.15, 0.2) is 5.13 Å². The minimum absolute atomic E-state index is 0.357. The van der Waals surface area contributed by atoms with Gasteiger partial charge in [0.2, 0.25) is 7.29 Å². The van der Waals surface area contributed by atoms with Gasteiger partial charge in [0, 0.05) is 16.7 Å². The SMILES string of the molecule is Cc1cc2sc(NP(=O)(C=C(Cl)c3ccccc3)/C=C(/Cl)c3ccccc3)nc2cc1Cl. The fourth-order valence-electron chi connectivity index (χ4n) is 3.03. The third kappa shape index (κ3) is 5.46. The molecule has 0 fully saturated rings. The summed E-state index contributed by atoms with van der Waals surface area (Å²) < 4.78 is 15.0. The van der Waals surface area contributed by atoms with Crippen molar-refractivity contribution < 1.29 is 4.57 Å². The molecule has 0 radical (unpaired) electrons. The van der Waals surface area contributed by atoms with Gasteiger partial charge in [0.05, 0.1) is 20.3 Å². The third-order valence-electron chi connectivity index (χ3n) is 4.65. The quantitative estimate of drug-likeness (QED) is 0.258. The van der Waals surface area contributed by atoms with E-state index in [0.717, 1.165) is 26.9 Å². The number of benzene rings is 3. The van der Waals surface area contributed by atoms with E-state index < -0.39 is 7.29 Å². The fourth-order valence-corrected chi connectivity index (χ4v) is 7.24. The molecule has 1 atom stereocenters. The average Bonchev–Trinajstić information content (AvgIpc) is 3.15. The number of halogens is 3. The summed E-state index contributed by atoms with van der Waals surface area (Å²) in [7, 11) is -3.39. The average molecular weight is 520 g/mol. The van der Waals surface area contributed by atoms with Crippen LogP contribution in [0.3, 0.4) is 0 Å². The number of fused-ring (bicyclic) bond motifs is 1. The highest BCUT2D eigenvalue weighted by atomic mass is 35.5. The van der Waals surface area contributed by atoms with Gasteiger partial charge in [0.1, 0.15) is 0 Å². The standard InChI is InChI=1S/C24H18Cl3N2OPS/c1-16-12-23-22(13-19(16)25)28-24(32-23)29-31(30,14-20(26)17-8-4-2-5-9-17)15-21(27)18-10-6-3-7-11-18/h2-15H,1H3,(H,28,29,30)/b20-14+,21-15?. The van der Waals surface area contributed by atoms with Crippen LogP contribution in [0.4, 0.5) is 5.13 Å². The molecule has 4 rings (SSSR count). The predicted molar refractivity (Wildman–Crippen MR) is 141 cm³/mol. The Hall–Kier alpha value is -2.07. The fraction of sp³-hybridized carbons (Fsp3) is 0.0417. The molecule has 0 amide bonds. The van der Waals surface area contributed by atoms with Gasteiger partial charge in [-0.15, -0.1) is 0 Å². The van der Waals surface area contributed by atoms with E-state index in [-0.39, 0.29) is 0 Å². The van der Waals surface area contributed by atoms with Crippen molar-refractivity contribution in [2.24, 2.45) is 0 Å². The van der Waals surface area contributed by atoms with E-state index >= 15 is 0 Å². The Morgan fingerprint density at radius 3 is 2.00 bits per heavy atom. The molecule has 1 aromatic heterocycles. The first-order valence-corrected chi connectivity index (χ1v) is 13.4. The van der Waals surface area contributed by atoms with E-state index in [2.05, 4.69) is 10.1 Å². The van der Waals surface area contributed by atoms with Gasteiger partial charge in [-0.1, -0.05) is 107 Å². The summed E-state index contributed by atoms with van der Waals surface area (Å²) in [5, 5.41) is 4.93. The van der Waals surface area contributed by atoms with Crippen molar-refractivity contribution in [3.05, 3.63) is 106 Å². The summed E-state index contributed by atoms with van der Waals surface area (Å²) in [4.78, 5) is 4.57. The Morgan fingerprint density at radius 1 is 0.938 bits per heavy atom. The Kier molecular flexibility index (Phi) is 7.09.